The highest BCUT2D eigenvalue weighted by molar-refractivity contribution is 7.84. The van der Waals surface area contributed by atoms with E-state index >= 15 is 0 Å². The van der Waals surface area contributed by atoms with Gasteiger partial charge in [-0.1, -0.05) is 20.3 Å². The molecule has 0 aliphatic heterocycles. The summed E-state index contributed by atoms with van der Waals surface area (Å²) in [4.78, 5) is 0. The number of rotatable bonds is 4. The number of hydrogen-bond donors (Lipinski definition) is 1. The van der Waals surface area contributed by atoms with Gasteiger partial charge in [0.25, 0.3) is 0 Å². The Kier molecular flexibility index (Phi) is 4.78. The largest absolute Gasteiger partial charge is 0.313 e. The van der Waals surface area contributed by atoms with Crippen LogP contribution in [0.2, 0.25) is 0 Å². The molecule has 0 saturated heterocycles. The zero-order valence-corrected chi connectivity index (χ0v) is 11.3. The lowest BCUT2D eigenvalue weighted by atomic mass is 9.75. The van der Waals surface area contributed by atoms with Crippen molar-refractivity contribution in [3.63, 3.8) is 0 Å². The average molecular weight is 231 g/mol. The van der Waals surface area contributed by atoms with Crippen LogP contribution in [-0.2, 0) is 10.8 Å². The predicted octanol–water partition coefficient (Wildman–Crippen LogP) is 2.31. The summed E-state index contributed by atoms with van der Waals surface area (Å²) >= 11 is 0. The molecule has 3 atom stereocenters. The first-order valence-electron chi connectivity index (χ1n) is 5.96. The van der Waals surface area contributed by atoms with Gasteiger partial charge in [-0.2, -0.15) is 0 Å². The molecule has 0 bridgehead atoms. The fourth-order valence-corrected chi connectivity index (χ4v) is 2.65. The van der Waals surface area contributed by atoms with Crippen molar-refractivity contribution in [2.75, 3.05) is 12.8 Å². The first-order chi connectivity index (χ1) is 6.91. The van der Waals surface area contributed by atoms with Gasteiger partial charge in [0.15, 0.2) is 0 Å². The van der Waals surface area contributed by atoms with Crippen LogP contribution in [0.25, 0.3) is 0 Å². The van der Waals surface area contributed by atoms with Crippen molar-refractivity contribution in [3.8, 4) is 0 Å². The molecular weight excluding hydrogens is 206 g/mol. The second-order valence-electron chi connectivity index (χ2n) is 5.67. The van der Waals surface area contributed by atoms with Gasteiger partial charge < -0.3 is 5.32 Å². The molecule has 90 valence electrons. The topological polar surface area (TPSA) is 29.1 Å². The molecule has 1 saturated carbocycles. The summed E-state index contributed by atoms with van der Waals surface area (Å²) in [6.45, 7) is 7.64. The van der Waals surface area contributed by atoms with E-state index in [-0.39, 0.29) is 5.25 Å². The van der Waals surface area contributed by atoms with Gasteiger partial charge in [-0.3, -0.25) is 4.21 Å². The molecule has 15 heavy (non-hydrogen) atoms. The average Bonchev–Trinajstić information content (AvgIpc) is 2.12. The van der Waals surface area contributed by atoms with Crippen molar-refractivity contribution in [2.24, 2.45) is 5.41 Å². The zero-order valence-electron chi connectivity index (χ0n) is 10.5. The van der Waals surface area contributed by atoms with Gasteiger partial charge in [0.05, 0.1) is 0 Å². The molecule has 0 aromatic rings. The van der Waals surface area contributed by atoms with Crippen LogP contribution in [-0.4, -0.2) is 28.3 Å². The van der Waals surface area contributed by atoms with E-state index in [1.54, 1.807) is 6.26 Å². The van der Waals surface area contributed by atoms with Crippen LogP contribution in [0.4, 0.5) is 0 Å². The third kappa shape index (κ3) is 4.64. The van der Waals surface area contributed by atoms with E-state index in [0.717, 1.165) is 6.54 Å². The van der Waals surface area contributed by atoms with E-state index in [0.29, 0.717) is 11.5 Å². The number of hydrogen-bond acceptors (Lipinski definition) is 2. The highest BCUT2D eigenvalue weighted by atomic mass is 32.2. The molecule has 3 unspecified atom stereocenters. The lowest BCUT2D eigenvalue weighted by molar-refractivity contribution is 0.199. The molecular formula is C12H25NOS. The lowest BCUT2D eigenvalue weighted by Crippen LogP contribution is -2.41. The fourth-order valence-electron chi connectivity index (χ4n) is 2.32. The molecule has 0 aromatic carbocycles. The minimum absolute atomic E-state index is 0.273. The fraction of sp³-hybridized carbons (Fsp3) is 1.00. The molecule has 0 aromatic heterocycles. The summed E-state index contributed by atoms with van der Waals surface area (Å²) < 4.78 is 11.2. The smallest absolute Gasteiger partial charge is 0.0441 e. The van der Waals surface area contributed by atoms with Gasteiger partial charge in [0.1, 0.15) is 0 Å². The van der Waals surface area contributed by atoms with Crippen molar-refractivity contribution in [2.45, 2.75) is 57.7 Å². The molecule has 0 spiro atoms. The summed E-state index contributed by atoms with van der Waals surface area (Å²) in [5, 5.41) is 3.84. The third-order valence-corrected chi connectivity index (χ3v) is 4.77. The Morgan fingerprint density at radius 3 is 2.73 bits per heavy atom. The van der Waals surface area contributed by atoms with Gasteiger partial charge in [-0.15, -0.1) is 0 Å². The summed E-state index contributed by atoms with van der Waals surface area (Å²) in [7, 11) is -0.696. The van der Waals surface area contributed by atoms with E-state index in [2.05, 4.69) is 26.1 Å². The molecule has 1 rings (SSSR count). The van der Waals surface area contributed by atoms with Crippen molar-refractivity contribution in [3.05, 3.63) is 0 Å². The third-order valence-electron chi connectivity index (χ3n) is 3.47. The van der Waals surface area contributed by atoms with E-state index in [1.165, 1.54) is 25.7 Å². The molecule has 2 nitrogen and oxygen atoms in total. The van der Waals surface area contributed by atoms with Crippen LogP contribution in [0.3, 0.4) is 0 Å². The van der Waals surface area contributed by atoms with E-state index in [9.17, 15) is 4.21 Å². The lowest BCUT2D eigenvalue weighted by Gasteiger charge is -2.36. The zero-order chi connectivity index (χ0) is 11.5. The minimum atomic E-state index is -0.696. The Morgan fingerprint density at radius 2 is 2.20 bits per heavy atom. The maximum absolute atomic E-state index is 11.2. The first kappa shape index (κ1) is 13.2. The van der Waals surface area contributed by atoms with E-state index in [4.69, 9.17) is 0 Å². The van der Waals surface area contributed by atoms with E-state index in [1.807, 2.05) is 0 Å². The normalized spacial score (nSPS) is 29.7. The van der Waals surface area contributed by atoms with Crippen LogP contribution in [0.1, 0.15) is 46.5 Å². The monoisotopic (exact) mass is 231 g/mol. The van der Waals surface area contributed by atoms with Crippen molar-refractivity contribution < 1.29 is 4.21 Å². The van der Waals surface area contributed by atoms with Crippen molar-refractivity contribution in [1.29, 1.82) is 0 Å². The SMILES string of the molecule is CC(CNC1CCCC(C)(C)C1)S(C)=O. The van der Waals surface area contributed by atoms with Crippen LogP contribution in [0.5, 0.6) is 0 Å². The Bertz CT molecular complexity index is 228. The van der Waals surface area contributed by atoms with Crippen LogP contribution in [0.15, 0.2) is 0 Å². The molecule has 0 amide bonds. The molecule has 1 aliphatic carbocycles. The first-order valence-corrected chi connectivity index (χ1v) is 7.58. The van der Waals surface area contributed by atoms with Crippen LogP contribution >= 0.6 is 0 Å². The second-order valence-corrected chi connectivity index (χ2v) is 7.48. The Hall–Kier alpha value is 0.110. The van der Waals surface area contributed by atoms with Gasteiger partial charge >= 0.3 is 0 Å². The Balaban J connectivity index is 2.30. The highest BCUT2D eigenvalue weighted by Gasteiger charge is 2.27. The molecule has 3 heteroatoms. The quantitative estimate of drug-likeness (QED) is 0.804. The molecule has 0 heterocycles. The highest BCUT2D eigenvalue weighted by Crippen LogP contribution is 2.34. The molecule has 1 fully saturated rings. The predicted molar refractivity (Wildman–Crippen MR) is 67.6 cm³/mol. The maximum Gasteiger partial charge on any atom is 0.0441 e. The molecule has 0 radical (unpaired) electrons. The van der Waals surface area contributed by atoms with E-state index < -0.39 is 10.8 Å². The van der Waals surface area contributed by atoms with Gasteiger partial charge in [-0.25, -0.2) is 0 Å². The maximum atomic E-state index is 11.2. The van der Waals surface area contributed by atoms with Crippen LogP contribution in [0, 0.1) is 5.41 Å². The Morgan fingerprint density at radius 1 is 1.53 bits per heavy atom. The number of nitrogens with one attached hydrogen (secondary N) is 1. The van der Waals surface area contributed by atoms with Gasteiger partial charge in [-0.05, 0) is 31.6 Å². The summed E-state index contributed by atoms with van der Waals surface area (Å²) in [5.74, 6) is 0. The summed E-state index contributed by atoms with van der Waals surface area (Å²) in [6.07, 6.45) is 7.01. The van der Waals surface area contributed by atoms with Crippen molar-refractivity contribution >= 4 is 10.8 Å². The van der Waals surface area contributed by atoms with Crippen molar-refractivity contribution in [1.82, 2.24) is 5.32 Å². The summed E-state index contributed by atoms with van der Waals surface area (Å²) in [5.41, 5.74) is 0.491. The second kappa shape index (κ2) is 5.44. The van der Waals surface area contributed by atoms with Gasteiger partial charge in [0.2, 0.25) is 0 Å². The molecule has 1 aliphatic rings. The Labute approximate surface area is 96.7 Å². The minimum Gasteiger partial charge on any atom is -0.313 e. The summed E-state index contributed by atoms with van der Waals surface area (Å²) in [6, 6.07) is 0.639. The van der Waals surface area contributed by atoms with Crippen LogP contribution < -0.4 is 5.32 Å². The molecule has 1 N–H and O–H groups in total. The standard InChI is InChI=1S/C12H25NOS/c1-10(15(4)14)9-13-11-6-5-7-12(2,3)8-11/h10-11,13H,5-9H2,1-4H3. The van der Waals surface area contributed by atoms with Gasteiger partial charge in [0, 0.05) is 34.9 Å².